The molecule has 1 amide bonds. The second-order valence-electron chi connectivity index (χ2n) is 7.61. The van der Waals surface area contributed by atoms with Gasteiger partial charge >= 0.3 is 5.91 Å². The molecule has 0 radical (unpaired) electrons. The Morgan fingerprint density at radius 3 is 2.36 bits per heavy atom. The number of hydrogen-bond acceptors (Lipinski definition) is 4. The van der Waals surface area contributed by atoms with Crippen LogP contribution in [0.2, 0.25) is 0 Å². The summed E-state index contributed by atoms with van der Waals surface area (Å²) in [5.74, 6) is 0.00406. The summed E-state index contributed by atoms with van der Waals surface area (Å²) in [5, 5.41) is 21.9. The first-order chi connectivity index (χ1) is 16.2. The lowest BCUT2D eigenvalue weighted by Gasteiger charge is -2.10. The summed E-state index contributed by atoms with van der Waals surface area (Å²) < 4.78 is 7.22. The van der Waals surface area contributed by atoms with Gasteiger partial charge in [0.05, 0.1) is 12.1 Å². The molecule has 5 aromatic rings. The fourth-order valence-electron chi connectivity index (χ4n) is 3.93. The third-order valence-electron chi connectivity index (χ3n) is 5.49. The summed E-state index contributed by atoms with van der Waals surface area (Å²) in [6, 6.07) is 30.8. The van der Waals surface area contributed by atoms with Gasteiger partial charge in [-0.2, -0.15) is 0 Å². The van der Waals surface area contributed by atoms with Gasteiger partial charge in [-0.15, -0.1) is 10.2 Å². The summed E-state index contributed by atoms with van der Waals surface area (Å²) in [6.45, 7) is 0.219. The molecular formula is C27H21N3O3. The van der Waals surface area contributed by atoms with E-state index in [0.717, 1.165) is 27.2 Å². The predicted molar refractivity (Wildman–Crippen MR) is 128 cm³/mol. The van der Waals surface area contributed by atoms with E-state index in [4.69, 9.17) is 4.74 Å². The van der Waals surface area contributed by atoms with Crippen LogP contribution in [-0.2, 0) is 11.3 Å². The summed E-state index contributed by atoms with van der Waals surface area (Å²) in [5.41, 5.74) is 2.14. The Labute approximate surface area is 190 Å². The topological polar surface area (TPSA) is 76.2 Å². The summed E-state index contributed by atoms with van der Waals surface area (Å²) in [7, 11) is 0. The van der Waals surface area contributed by atoms with Crippen LogP contribution < -0.4 is 4.74 Å². The average molecular weight is 435 g/mol. The number of hydrogen-bond donors (Lipinski definition) is 1. The minimum Gasteiger partial charge on any atom is -0.493 e. The van der Waals surface area contributed by atoms with Gasteiger partial charge in [0, 0.05) is 5.39 Å². The van der Waals surface area contributed by atoms with E-state index < -0.39 is 5.91 Å². The van der Waals surface area contributed by atoms with E-state index in [1.807, 2.05) is 66.7 Å². The van der Waals surface area contributed by atoms with E-state index >= 15 is 0 Å². The zero-order valence-corrected chi connectivity index (χ0v) is 17.8. The van der Waals surface area contributed by atoms with Crippen molar-refractivity contribution < 1.29 is 14.6 Å². The number of para-hydroxylation sites is 2. The Morgan fingerprint density at radius 2 is 1.52 bits per heavy atom. The van der Waals surface area contributed by atoms with Gasteiger partial charge in [0.15, 0.2) is 12.3 Å². The molecule has 4 aromatic carbocycles. The molecule has 0 atom stereocenters. The molecule has 0 unspecified atom stereocenters. The van der Waals surface area contributed by atoms with E-state index in [9.17, 15) is 9.90 Å². The molecule has 5 rings (SSSR count). The first kappa shape index (κ1) is 20.5. The molecule has 1 N–H and O–H groups in total. The number of aromatic nitrogens is 1. The summed E-state index contributed by atoms with van der Waals surface area (Å²) in [4.78, 5) is 12.2. The lowest BCUT2D eigenvalue weighted by Crippen LogP contribution is -2.07. The van der Waals surface area contributed by atoms with Crippen LogP contribution in [0.3, 0.4) is 0 Å². The molecule has 0 saturated heterocycles. The van der Waals surface area contributed by atoms with Gasteiger partial charge in [0.25, 0.3) is 0 Å². The third-order valence-corrected chi connectivity index (χ3v) is 5.49. The van der Waals surface area contributed by atoms with Crippen LogP contribution in [0.25, 0.3) is 21.7 Å². The van der Waals surface area contributed by atoms with E-state index in [1.54, 1.807) is 16.7 Å². The minimum atomic E-state index is -0.538. The van der Waals surface area contributed by atoms with Gasteiger partial charge in [-0.25, -0.2) is 0 Å². The standard InChI is InChI=1S/C27H21N3O3/c31-25(18-33-21-12-2-1-3-13-21)28-29-26-23-15-6-7-16-24(23)30(27(26)32)17-20-11-8-10-19-9-4-5-14-22(19)20/h1-16,32H,17-18H2. The molecule has 0 spiro atoms. The number of benzene rings is 4. The molecule has 0 bridgehead atoms. The van der Waals surface area contributed by atoms with E-state index in [1.165, 1.54) is 0 Å². The lowest BCUT2D eigenvalue weighted by atomic mass is 10.0. The van der Waals surface area contributed by atoms with Crippen LogP contribution in [0.5, 0.6) is 11.6 Å². The summed E-state index contributed by atoms with van der Waals surface area (Å²) >= 11 is 0. The van der Waals surface area contributed by atoms with Crippen LogP contribution in [0.15, 0.2) is 107 Å². The quantitative estimate of drug-likeness (QED) is 0.321. The molecule has 1 heterocycles. The van der Waals surface area contributed by atoms with Gasteiger partial charge in [0.2, 0.25) is 5.88 Å². The van der Waals surface area contributed by atoms with Crippen LogP contribution in [0, 0.1) is 0 Å². The molecule has 33 heavy (non-hydrogen) atoms. The highest BCUT2D eigenvalue weighted by atomic mass is 16.5. The number of aromatic hydroxyl groups is 1. The zero-order valence-electron chi connectivity index (χ0n) is 17.8. The van der Waals surface area contributed by atoms with Crippen molar-refractivity contribution in [3.8, 4) is 11.6 Å². The second kappa shape index (κ2) is 8.96. The first-order valence-electron chi connectivity index (χ1n) is 10.6. The van der Waals surface area contributed by atoms with Crippen molar-refractivity contribution >= 4 is 33.3 Å². The van der Waals surface area contributed by atoms with Crippen LogP contribution in [0.4, 0.5) is 5.69 Å². The summed E-state index contributed by atoms with van der Waals surface area (Å²) in [6.07, 6.45) is 0. The Kier molecular flexibility index (Phi) is 5.55. The fourth-order valence-corrected chi connectivity index (χ4v) is 3.93. The largest absolute Gasteiger partial charge is 0.493 e. The molecule has 6 nitrogen and oxygen atoms in total. The Bertz CT molecular complexity index is 1470. The molecule has 1 aromatic heterocycles. The van der Waals surface area contributed by atoms with Gasteiger partial charge in [0.1, 0.15) is 5.75 Å². The Morgan fingerprint density at radius 1 is 0.818 bits per heavy atom. The van der Waals surface area contributed by atoms with Crippen molar-refractivity contribution in [3.63, 3.8) is 0 Å². The van der Waals surface area contributed by atoms with Crippen molar-refractivity contribution in [3.05, 3.63) is 103 Å². The van der Waals surface area contributed by atoms with Crippen LogP contribution in [0.1, 0.15) is 5.56 Å². The average Bonchev–Trinajstić information content (AvgIpc) is 3.13. The molecular weight excluding hydrogens is 414 g/mol. The number of amides is 1. The number of nitrogens with zero attached hydrogens (tertiary/aromatic N) is 3. The van der Waals surface area contributed by atoms with E-state index in [2.05, 4.69) is 28.4 Å². The zero-order chi connectivity index (χ0) is 22.6. The van der Waals surface area contributed by atoms with Crippen molar-refractivity contribution in [2.75, 3.05) is 6.61 Å². The predicted octanol–water partition coefficient (Wildman–Crippen LogP) is 6.24. The number of fused-ring (bicyclic) bond motifs is 2. The highest BCUT2D eigenvalue weighted by Gasteiger charge is 2.17. The Balaban J connectivity index is 1.45. The number of carbonyl (C=O) groups is 1. The molecule has 0 aliphatic heterocycles. The number of rotatable bonds is 6. The van der Waals surface area contributed by atoms with Crippen LogP contribution >= 0.6 is 0 Å². The molecule has 0 saturated carbocycles. The minimum absolute atomic E-state index is 0.0374. The monoisotopic (exact) mass is 435 g/mol. The molecule has 162 valence electrons. The highest BCUT2D eigenvalue weighted by molar-refractivity contribution is 5.95. The maximum Gasteiger partial charge on any atom is 0.302 e. The van der Waals surface area contributed by atoms with Gasteiger partial charge < -0.3 is 14.4 Å². The van der Waals surface area contributed by atoms with Gasteiger partial charge in [-0.05, 0) is 34.5 Å². The molecule has 0 aliphatic rings. The van der Waals surface area contributed by atoms with Crippen LogP contribution in [-0.4, -0.2) is 22.2 Å². The number of azo groups is 1. The van der Waals surface area contributed by atoms with Crippen molar-refractivity contribution in [1.29, 1.82) is 0 Å². The lowest BCUT2D eigenvalue weighted by molar-refractivity contribution is -0.120. The van der Waals surface area contributed by atoms with E-state index in [0.29, 0.717) is 12.3 Å². The maximum atomic E-state index is 12.2. The first-order valence-corrected chi connectivity index (χ1v) is 10.6. The number of carbonyl (C=O) groups excluding carboxylic acids is 1. The smallest absolute Gasteiger partial charge is 0.302 e. The fraction of sp³-hybridized carbons (Fsp3) is 0.0741. The SMILES string of the molecule is O=C(COc1ccccc1)N=Nc1c(O)n(Cc2cccc3ccccc23)c2ccccc12. The van der Waals surface area contributed by atoms with Crippen molar-refractivity contribution in [1.82, 2.24) is 4.57 Å². The van der Waals surface area contributed by atoms with Gasteiger partial charge in [-0.1, -0.05) is 78.9 Å². The third kappa shape index (κ3) is 4.19. The van der Waals surface area contributed by atoms with E-state index in [-0.39, 0.29) is 18.2 Å². The Hall–Kier alpha value is -4.45. The number of ether oxygens (including phenoxy) is 1. The van der Waals surface area contributed by atoms with Crippen molar-refractivity contribution in [2.24, 2.45) is 10.2 Å². The maximum absolute atomic E-state index is 12.2. The highest BCUT2D eigenvalue weighted by Crippen LogP contribution is 2.39. The normalized spacial score (nSPS) is 11.4. The van der Waals surface area contributed by atoms with Crippen molar-refractivity contribution in [2.45, 2.75) is 6.54 Å². The molecule has 6 heteroatoms. The molecule has 0 aliphatic carbocycles. The second-order valence-corrected chi connectivity index (χ2v) is 7.61. The molecule has 0 fully saturated rings. The van der Waals surface area contributed by atoms with Gasteiger partial charge in [-0.3, -0.25) is 4.79 Å².